The number of carboxylic acid groups (broad SMARTS) is 1. The van der Waals surface area contributed by atoms with Crippen LogP contribution in [0.25, 0.3) is 55.2 Å². The third kappa shape index (κ3) is 27.5. The van der Waals surface area contributed by atoms with Gasteiger partial charge in [0.2, 0.25) is 0 Å². The number of hydrogen-bond acceptors (Lipinski definition) is 19. The molecule has 0 aliphatic carbocycles. The maximum Gasteiger partial charge on any atom is 0.498 e. The highest BCUT2D eigenvalue weighted by molar-refractivity contribution is 7.86. The molecule has 7 heterocycles. The molecule has 12 aromatic rings. The number of aliphatic carboxylic acids is 1. The van der Waals surface area contributed by atoms with Crippen LogP contribution in [0, 0.1) is 17.5 Å². The zero-order valence-corrected chi connectivity index (χ0v) is 74.0. The Balaban J connectivity index is 0.000000222. The molecule has 1 fully saturated rings. The molecule has 6 aromatic heterocycles. The highest BCUT2D eigenvalue weighted by Crippen LogP contribution is 2.45. The molecule has 698 valence electrons. The van der Waals surface area contributed by atoms with E-state index in [2.05, 4.69) is 15.0 Å². The van der Waals surface area contributed by atoms with Gasteiger partial charge in [-0.3, -0.25) is 37.8 Å². The lowest BCUT2D eigenvalue weighted by Crippen LogP contribution is -2.41. The molecule has 0 saturated carbocycles. The number of pyridine rings is 3. The highest BCUT2D eigenvalue weighted by Gasteiger charge is 2.53. The van der Waals surface area contributed by atoms with E-state index in [1.807, 2.05) is 75.3 Å². The van der Waals surface area contributed by atoms with Gasteiger partial charge >= 0.3 is 43.6 Å². The first-order valence-electron chi connectivity index (χ1n) is 40.0. The molecule has 36 heteroatoms. The first kappa shape index (κ1) is 104. The molecule has 0 spiro atoms. The smallest absolute Gasteiger partial charge is 0.488 e. The van der Waals surface area contributed by atoms with Crippen LogP contribution in [-0.2, 0) is 132 Å². The number of fused-ring (bicyclic) bond motifs is 3. The Labute approximate surface area is 754 Å². The van der Waals surface area contributed by atoms with E-state index in [-0.39, 0.29) is 133 Å². The van der Waals surface area contributed by atoms with Gasteiger partial charge in [-0.15, -0.1) is 0 Å². The number of carboxylic acids is 1. The number of alkyl halides is 9. The number of ether oxygens (including phenoxy) is 5. The number of esters is 2. The third-order valence-corrected chi connectivity index (χ3v) is 24.4. The van der Waals surface area contributed by atoms with Crippen LogP contribution in [0.4, 0.5) is 52.7 Å². The summed E-state index contributed by atoms with van der Waals surface area (Å²) in [6.07, 6.45) is -6.86. The van der Waals surface area contributed by atoms with E-state index in [0.29, 0.717) is 110 Å². The second kappa shape index (κ2) is 43.7. The van der Waals surface area contributed by atoms with Gasteiger partial charge in [-0.05, 0) is 196 Å². The van der Waals surface area contributed by atoms with Gasteiger partial charge in [0, 0.05) is 165 Å². The van der Waals surface area contributed by atoms with Gasteiger partial charge in [-0.25, -0.2) is 13.2 Å². The van der Waals surface area contributed by atoms with Crippen LogP contribution < -0.4 is 25.4 Å². The fourth-order valence-corrected chi connectivity index (χ4v) is 15.2. The van der Waals surface area contributed by atoms with E-state index >= 15 is 0 Å². The number of aromatic nitrogens is 3. The van der Waals surface area contributed by atoms with Gasteiger partial charge < -0.3 is 57.1 Å². The molecule has 6 aromatic carbocycles. The van der Waals surface area contributed by atoms with E-state index in [1.165, 1.54) is 54.7 Å². The van der Waals surface area contributed by atoms with Crippen LogP contribution in [0.3, 0.4) is 0 Å². The Morgan fingerprint density at radius 2 is 0.823 bits per heavy atom. The predicted molar refractivity (Wildman–Crippen MR) is 474 cm³/mol. The van der Waals surface area contributed by atoms with E-state index in [1.54, 1.807) is 74.8 Å². The number of nitrogens with two attached hydrogens (primary N) is 1. The van der Waals surface area contributed by atoms with Gasteiger partial charge in [-0.2, -0.15) is 39.5 Å². The van der Waals surface area contributed by atoms with Crippen molar-refractivity contribution in [3.63, 3.8) is 0 Å². The molecular weight excluding hydrogens is 1780 g/mol. The van der Waals surface area contributed by atoms with E-state index in [0.717, 1.165) is 30.0 Å². The standard InChI is InChI=1S/C31H31F4NO5S.C26H27BF4O6.C24H18F4N2O4.C11H16ClNOS.2CH4/c1-5-39-28(37)15-21-6-7-22(32)16-27(21)40-17-19-12-24(29-25(13-19)26(18-41-29)31(33,34)35)20-8-10-36-23(14-20)9-11-42(38)30(2,3)4;1-6-33-22(32)11-16-7-8-17(28)12-21(16)34-13-15-9-18-19(26(29,30)31)14-35-23(18)20(10-15)27-36-24(2,3)25(4,5)37-27;25-16-2-1-15(8-22(31)32)21(9-16)33-11-13-5-18(14-3-4-30-17(7-14)10-29)23-19(6-13)20(12-34-23)24(26,27)28;1-11(2,3)15(14)7-5-10-8-9(12)4-6-13-10;;/h6-8,10,12-14,16,18H,5,9,11,15,17H2,1-4H3;7-10,12,14H,6,11,13H2,1-5H3;1-7,9,12H,8,10-11,29H2,(H,31,32);4,6,8H,5,7H2,1-3H3;2*1H4/t42-;;;15-;;/m1..1../s1. The maximum atomic E-state index is 14.1. The number of rotatable bonds is 27. The number of hydrogen-bond donors (Lipinski definition) is 2. The second-order valence-electron chi connectivity index (χ2n) is 32.4. The Kier molecular flexibility index (Phi) is 35.1. The van der Waals surface area contributed by atoms with Crippen LogP contribution in [-0.4, -0.2) is 98.9 Å². The van der Waals surface area contributed by atoms with E-state index in [4.69, 9.17) is 68.7 Å². The van der Waals surface area contributed by atoms with Crippen LogP contribution in [0.15, 0.2) is 178 Å². The maximum absolute atomic E-state index is 14.1. The summed E-state index contributed by atoms with van der Waals surface area (Å²) in [6, 6.07) is 29.8. The summed E-state index contributed by atoms with van der Waals surface area (Å²) in [7, 11) is -2.93. The van der Waals surface area contributed by atoms with Gasteiger partial charge in [0.1, 0.15) is 107 Å². The molecular formula is C94H100BClF12N4O16S2. The molecule has 130 heavy (non-hydrogen) atoms. The van der Waals surface area contributed by atoms with Gasteiger partial charge in [-0.1, -0.05) is 50.7 Å². The second-order valence-corrected chi connectivity index (χ2v) is 37.4. The SMILES string of the molecule is C.C.CC(C)(C)[S@](=O)CCc1cc(Cl)ccn1.CCOC(=O)Cc1ccc(F)cc1OCc1cc(-c2ccnc(CC[S@@](=O)C(C)(C)C)c2)c2occ(C(F)(F)F)c2c1.CCOC(=O)Cc1ccc(F)cc1OCc1cc(B2OC(C)(C)C(C)(C)O2)c2occ(C(F)(F)F)c2c1.NCc1cc(-c2cc(COc3cc(F)ccc3CC(=O)O)cc3c(C(F)(F)F)coc23)ccn1. The van der Waals surface area contributed by atoms with Gasteiger partial charge in [0.05, 0.1) is 49.4 Å². The minimum absolute atomic E-state index is 0. The topological polar surface area (TPSA) is 274 Å². The molecule has 1 saturated heterocycles. The lowest BCUT2D eigenvalue weighted by Gasteiger charge is -2.32. The molecule has 20 nitrogen and oxygen atoms in total. The monoisotopic (exact) mass is 1880 g/mol. The molecule has 1 aliphatic heterocycles. The highest BCUT2D eigenvalue weighted by atomic mass is 35.5. The molecule has 0 unspecified atom stereocenters. The number of carbonyl (C=O) groups excluding carboxylic acids is 2. The number of carbonyl (C=O) groups is 3. The molecule has 13 rings (SSSR count). The van der Waals surface area contributed by atoms with Crippen LogP contribution in [0.5, 0.6) is 17.2 Å². The van der Waals surface area contributed by atoms with Gasteiger partial charge in [0.25, 0.3) is 0 Å². The summed E-state index contributed by atoms with van der Waals surface area (Å²) < 4.78 is 245. The van der Waals surface area contributed by atoms with E-state index in [9.17, 15) is 75.5 Å². The van der Waals surface area contributed by atoms with Crippen LogP contribution >= 0.6 is 11.6 Å². The molecule has 3 N–H and O–H groups in total. The molecule has 0 bridgehead atoms. The summed E-state index contributed by atoms with van der Waals surface area (Å²) in [5.41, 5.74) is 7.63. The average Bonchev–Trinajstić information content (AvgIpc) is 1.55. The Morgan fingerprint density at radius 3 is 1.18 bits per heavy atom. The molecule has 0 amide bonds. The molecule has 0 radical (unpaired) electrons. The van der Waals surface area contributed by atoms with Gasteiger partial charge in [0.15, 0.2) is 0 Å². The van der Waals surface area contributed by atoms with Crippen LogP contribution in [0.2, 0.25) is 5.02 Å². The van der Waals surface area contributed by atoms with Crippen molar-refractivity contribution in [2.45, 2.75) is 196 Å². The van der Waals surface area contributed by atoms with Crippen LogP contribution in [0.1, 0.15) is 165 Å². The molecule has 1 aliphatic rings. The predicted octanol–water partition coefficient (Wildman–Crippen LogP) is 22.4. The van der Waals surface area contributed by atoms with Crippen molar-refractivity contribution in [2.75, 3.05) is 24.7 Å². The van der Waals surface area contributed by atoms with E-state index < -0.39 is 122 Å². The van der Waals surface area contributed by atoms with Crippen molar-refractivity contribution in [3.05, 3.63) is 254 Å². The summed E-state index contributed by atoms with van der Waals surface area (Å²) in [5.74, 6) is -2.85. The largest absolute Gasteiger partial charge is 0.498 e. The third-order valence-electron chi connectivity index (χ3n) is 20.2. The number of benzene rings is 6. The Hall–Kier alpha value is -11.1. The zero-order valence-electron chi connectivity index (χ0n) is 71.6. The lowest BCUT2D eigenvalue weighted by molar-refractivity contribution is -0.143. The fourth-order valence-electron chi connectivity index (χ4n) is 13.0. The first-order valence-corrected chi connectivity index (χ1v) is 43.0. The van der Waals surface area contributed by atoms with Crippen molar-refractivity contribution in [3.8, 4) is 39.5 Å². The summed E-state index contributed by atoms with van der Waals surface area (Å²) in [4.78, 5) is 47.7. The van der Waals surface area contributed by atoms with Crippen molar-refractivity contribution < 1.29 is 127 Å². The molecule has 2 atom stereocenters. The minimum Gasteiger partial charge on any atom is -0.488 e. The minimum atomic E-state index is -4.67. The first-order chi connectivity index (χ1) is 60.0. The normalized spacial score (nSPS) is 13.6. The summed E-state index contributed by atoms with van der Waals surface area (Å²) in [6.45, 7) is 22.1. The van der Waals surface area contributed by atoms with Crippen molar-refractivity contribution in [2.24, 2.45) is 5.73 Å². The van der Waals surface area contributed by atoms with Crippen molar-refractivity contribution in [1.29, 1.82) is 0 Å². The number of nitrogens with zero attached hydrogens (tertiary/aromatic N) is 3. The summed E-state index contributed by atoms with van der Waals surface area (Å²) in [5, 5.41) is 9.26. The quantitative estimate of drug-likeness (QED) is 0.0275. The number of aryl methyl sites for hydroxylation is 2. The van der Waals surface area contributed by atoms with Crippen molar-refractivity contribution >= 4 is 96.6 Å². The fraction of sp³-hybridized carbons (Fsp3) is 0.362. The average molecular weight is 1880 g/mol. The summed E-state index contributed by atoms with van der Waals surface area (Å²) >= 11 is 5.83. The van der Waals surface area contributed by atoms with Crippen molar-refractivity contribution in [1.82, 2.24) is 15.0 Å². The number of furan rings is 3. The number of halogens is 13. The lowest BCUT2D eigenvalue weighted by atomic mass is 9.77. The Bertz CT molecular complexity index is 6010. The Morgan fingerprint density at radius 1 is 0.477 bits per heavy atom. The zero-order chi connectivity index (χ0) is 93.8.